The van der Waals surface area contributed by atoms with Crippen LogP contribution in [0.25, 0.3) is 0 Å². The summed E-state index contributed by atoms with van der Waals surface area (Å²) < 4.78 is 27.5. The van der Waals surface area contributed by atoms with Crippen LogP contribution in [0.3, 0.4) is 0 Å². The summed E-state index contributed by atoms with van der Waals surface area (Å²) in [6.45, 7) is 2.46. The molecule has 0 fully saturated rings. The van der Waals surface area contributed by atoms with Gasteiger partial charge in [0.15, 0.2) is 11.6 Å². The lowest BCUT2D eigenvalue weighted by atomic mass is 10.1. The van der Waals surface area contributed by atoms with Crippen LogP contribution in [0.2, 0.25) is 5.02 Å². The normalized spacial score (nSPS) is 10.7. The maximum atomic E-state index is 13.1. The number of hydrogen-bond acceptors (Lipinski definition) is 2. The van der Waals surface area contributed by atoms with E-state index in [1.807, 2.05) is 6.92 Å². The number of aromatic nitrogens is 2. The third kappa shape index (κ3) is 2.66. The second kappa shape index (κ2) is 5.48. The number of hydrogen-bond donors (Lipinski definition) is 0. The van der Waals surface area contributed by atoms with Gasteiger partial charge in [0.25, 0.3) is 0 Å². The van der Waals surface area contributed by atoms with Crippen LogP contribution < -0.4 is 0 Å². The first kappa shape index (κ1) is 13.7. The van der Waals surface area contributed by atoms with Crippen molar-refractivity contribution >= 4 is 17.4 Å². The fraction of sp³-hybridized carbons (Fsp3) is 0.231. The van der Waals surface area contributed by atoms with Gasteiger partial charge in [-0.25, -0.2) is 8.78 Å². The average molecular weight is 285 g/mol. The summed E-state index contributed by atoms with van der Waals surface area (Å²) in [6.07, 6.45) is 2.14. The van der Waals surface area contributed by atoms with Crippen LogP contribution >= 0.6 is 11.6 Å². The van der Waals surface area contributed by atoms with Gasteiger partial charge < -0.3 is 0 Å². The molecular formula is C13H11ClF2N2O. The topological polar surface area (TPSA) is 34.9 Å². The summed E-state index contributed by atoms with van der Waals surface area (Å²) in [7, 11) is 0. The van der Waals surface area contributed by atoms with E-state index in [0.717, 1.165) is 18.6 Å². The highest BCUT2D eigenvalue weighted by Gasteiger charge is 2.20. The number of benzene rings is 1. The molecule has 1 aromatic heterocycles. The predicted octanol–water partition coefficient (Wildman–Crippen LogP) is 3.46. The van der Waals surface area contributed by atoms with Gasteiger partial charge in [-0.15, -0.1) is 0 Å². The number of aryl methyl sites for hydroxylation is 1. The monoisotopic (exact) mass is 284 g/mol. The summed E-state index contributed by atoms with van der Waals surface area (Å²) >= 11 is 5.92. The molecule has 0 spiro atoms. The van der Waals surface area contributed by atoms with E-state index < -0.39 is 17.4 Å². The van der Waals surface area contributed by atoms with Crippen LogP contribution in [0.1, 0.15) is 29.4 Å². The summed E-state index contributed by atoms with van der Waals surface area (Å²) in [5.74, 6) is -2.54. The van der Waals surface area contributed by atoms with Crippen molar-refractivity contribution in [2.45, 2.75) is 19.9 Å². The Morgan fingerprint density at radius 3 is 2.74 bits per heavy atom. The zero-order valence-electron chi connectivity index (χ0n) is 10.2. The molecular weight excluding hydrogens is 274 g/mol. The highest BCUT2D eigenvalue weighted by molar-refractivity contribution is 6.34. The minimum atomic E-state index is -1.07. The maximum absolute atomic E-state index is 13.1. The standard InChI is InChI=1S/C13H11ClF2N2O/c1-2-5-18-12(9(14)7-17-18)13(19)8-3-4-10(15)11(16)6-8/h3-4,6-7H,2,5H2,1H3. The molecule has 1 aromatic carbocycles. The van der Waals surface area contributed by atoms with Gasteiger partial charge in [-0.05, 0) is 24.6 Å². The summed E-state index contributed by atoms with van der Waals surface area (Å²) in [4.78, 5) is 12.3. The Bertz CT molecular complexity index is 625. The molecule has 100 valence electrons. The van der Waals surface area contributed by atoms with Crippen molar-refractivity contribution in [1.82, 2.24) is 9.78 Å². The third-order valence-corrected chi connectivity index (χ3v) is 2.90. The molecule has 0 amide bonds. The summed E-state index contributed by atoms with van der Waals surface area (Å²) in [5, 5.41) is 4.19. The first-order valence-electron chi connectivity index (χ1n) is 5.75. The van der Waals surface area contributed by atoms with E-state index in [-0.39, 0.29) is 16.3 Å². The lowest BCUT2D eigenvalue weighted by Crippen LogP contribution is -2.12. The molecule has 0 saturated heterocycles. The number of carbonyl (C=O) groups is 1. The number of nitrogens with zero attached hydrogens (tertiary/aromatic N) is 2. The van der Waals surface area contributed by atoms with E-state index in [1.165, 1.54) is 16.9 Å². The predicted molar refractivity (Wildman–Crippen MR) is 67.3 cm³/mol. The smallest absolute Gasteiger partial charge is 0.212 e. The van der Waals surface area contributed by atoms with Crippen LogP contribution in [0.4, 0.5) is 8.78 Å². The first-order valence-corrected chi connectivity index (χ1v) is 6.13. The van der Waals surface area contributed by atoms with Crippen molar-refractivity contribution in [2.24, 2.45) is 0 Å². The summed E-state index contributed by atoms with van der Waals surface area (Å²) in [5.41, 5.74) is 0.230. The van der Waals surface area contributed by atoms with Crippen LogP contribution in [-0.4, -0.2) is 15.6 Å². The Morgan fingerprint density at radius 1 is 1.37 bits per heavy atom. The van der Waals surface area contributed by atoms with Crippen LogP contribution in [-0.2, 0) is 6.54 Å². The van der Waals surface area contributed by atoms with Gasteiger partial charge in [-0.2, -0.15) is 5.10 Å². The Hall–Kier alpha value is -1.75. The molecule has 2 aromatic rings. The molecule has 3 nitrogen and oxygen atoms in total. The number of halogens is 3. The zero-order valence-corrected chi connectivity index (χ0v) is 10.9. The van der Waals surface area contributed by atoms with E-state index in [9.17, 15) is 13.6 Å². The highest BCUT2D eigenvalue weighted by Crippen LogP contribution is 2.20. The largest absolute Gasteiger partial charge is 0.287 e. The van der Waals surface area contributed by atoms with E-state index in [1.54, 1.807) is 0 Å². The lowest BCUT2D eigenvalue weighted by Gasteiger charge is -2.06. The third-order valence-electron chi connectivity index (χ3n) is 2.63. The summed E-state index contributed by atoms with van der Waals surface area (Å²) in [6, 6.07) is 2.99. The van der Waals surface area contributed by atoms with Crippen molar-refractivity contribution in [2.75, 3.05) is 0 Å². The van der Waals surface area contributed by atoms with Crippen LogP contribution in [0.15, 0.2) is 24.4 Å². The molecule has 0 unspecified atom stereocenters. The van der Waals surface area contributed by atoms with Crippen molar-refractivity contribution < 1.29 is 13.6 Å². The molecule has 0 saturated carbocycles. The molecule has 1 heterocycles. The second-order valence-corrected chi connectivity index (χ2v) is 4.43. The molecule has 0 aliphatic carbocycles. The molecule has 6 heteroatoms. The molecule has 0 atom stereocenters. The SMILES string of the molecule is CCCn1ncc(Cl)c1C(=O)c1ccc(F)c(F)c1. The van der Waals surface area contributed by atoms with Crippen LogP contribution in [0.5, 0.6) is 0 Å². The second-order valence-electron chi connectivity index (χ2n) is 4.02. The molecule has 0 radical (unpaired) electrons. The lowest BCUT2D eigenvalue weighted by molar-refractivity contribution is 0.102. The van der Waals surface area contributed by atoms with Gasteiger partial charge in [0.2, 0.25) is 5.78 Å². The molecule has 0 aliphatic heterocycles. The number of carbonyl (C=O) groups excluding carboxylic acids is 1. The first-order chi connectivity index (χ1) is 9.04. The minimum absolute atomic E-state index is 0.0404. The van der Waals surface area contributed by atoms with Gasteiger partial charge in [0, 0.05) is 12.1 Å². The highest BCUT2D eigenvalue weighted by atomic mass is 35.5. The minimum Gasteiger partial charge on any atom is -0.287 e. The van der Waals surface area contributed by atoms with E-state index in [2.05, 4.69) is 5.10 Å². The van der Waals surface area contributed by atoms with E-state index >= 15 is 0 Å². The van der Waals surface area contributed by atoms with E-state index in [4.69, 9.17) is 11.6 Å². The van der Waals surface area contributed by atoms with E-state index in [0.29, 0.717) is 6.54 Å². The Morgan fingerprint density at radius 2 is 2.11 bits per heavy atom. The van der Waals surface area contributed by atoms with Gasteiger partial charge >= 0.3 is 0 Å². The Balaban J connectivity index is 2.43. The molecule has 0 bridgehead atoms. The van der Waals surface area contributed by atoms with Crippen molar-refractivity contribution in [1.29, 1.82) is 0 Å². The van der Waals surface area contributed by atoms with Crippen LogP contribution in [0, 0.1) is 11.6 Å². The fourth-order valence-electron chi connectivity index (χ4n) is 1.74. The Labute approximate surface area is 113 Å². The average Bonchev–Trinajstić information content (AvgIpc) is 2.74. The Kier molecular flexibility index (Phi) is 3.95. The number of rotatable bonds is 4. The number of ketones is 1. The zero-order chi connectivity index (χ0) is 14.0. The molecule has 2 rings (SSSR count). The van der Waals surface area contributed by atoms with Gasteiger partial charge in [0.1, 0.15) is 5.69 Å². The van der Waals surface area contributed by atoms with Gasteiger partial charge in [-0.3, -0.25) is 9.48 Å². The fourth-order valence-corrected chi connectivity index (χ4v) is 1.97. The quantitative estimate of drug-likeness (QED) is 0.806. The maximum Gasteiger partial charge on any atom is 0.212 e. The van der Waals surface area contributed by atoms with Crippen molar-refractivity contribution in [3.63, 3.8) is 0 Å². The van der Waals surface area contributed by atoms with Gasteiger partial charge in [-0.1, -0.05) is 18.5 Å². The molecule has 0 N–H and O–H groups in total. The molecule has 0 aliphatic rings. The molecule has 19 heavy (non-hydrogen) atoms. The van der Waals surface area contributed by atoms with Gasteiger partial charge in [0.05, 0.1) is 11.2 Å². The van der Waals surface area contributed by atoms with Crippen molar-refractivity contribution in [3.8, 4) is 0 Å². The van der Waals surface area contributed by atoms with Crippen molar-refractivity contribution in [3.05, 3.63) is 52.3 Å².